The lowest BCUT2D eigenvalue weighted by atomic mass is 9.78. The molecule has 0 bridgehead atoms. The van der Waals surface area contributed by atoms with E-state index in [1.165, 1.54) is 5.56 Å². The van der Waals surface area contributed by atoms with Gasteiger partial charge >= 0.3 is 0 Å². The van der Waals surface area contributed by atoms with Crippen molar-refractivity contribution in [2.24, 2.45) is 5.92 Å². The van der Waals surface area contributed by atoms with Gasteiger partial charge in [0.15, 0.2) is 17.5 Å². The number of aryl methyl sites for hydroxylation is 1. The topological polar surface area (TPSA) is 0 Å². The lowest BCUT2D eigenvalue weighted by molar-refractivity contribution is 0.385. The first-order chi connectivity index (χ1) is 13.5. The van der Waals surface area contributed by atoms with E-state index >= 15 is 0 Å². The van der Waals surface area contributed by atoms with Crippen molar-refractivity contribution in [3.8, 4) is 11.8 Å². The molecule has 3 aromatic carbocycles. The van der Waals surface area contributed by atoms with Crippen LogP contribution in [-0.2, 0) is 0 Å². The highest BCUT2D eigenvalue weighted by molar-refractivity contribution is 5.84. The molecule has 0 spiro atoms. The number of halogens is 3. The lowest BCUT2D eigenvalue weighted by Gasteiger charge is -2.26. The van der Waals surface area contributed by atoms with E-state index in [1.54, 1.807) is 12.1 Å². The van der Waals surface area contributed by atoms with E-state index in [0.717, 1.165) is 42.9 Å². The van der Waals surface area contributed by atoms with Crippen LogP contribution in [0.4, 0.5) is 13.2 Å². The first kappa shape index (κ1) is 18.6. The van der Waals surface area contributed by atoms with Gasteiger partial charge in [-0.3, -0.25) is 0 Å². The van der Waals surface area contributed by atoms with Gasteiger partial charge in [-0.15, -0.1) is 0 Å². The second-order valence-electron chi connectivity index (χ2n) is 7.65. The first-order valence-corrected chi connectivity index (χ1v) is 9.66. The molecule has 0 aromatic heterocycles. The fraction of sp³-hybridized carbons (Fsp3) is 0.280. The Balaban J connectivity index is 1.46. The summed E-state index contributed by atoms with van der Waals surface area (Å²) in [5, 5.41) is 0.537. The number of hydrogen-bond donors (Lipinski definition) is 0. The van der Waals surface area contributed by atoms with E-state index in [2.05, 4.69) is 30.9 Å². The molecule has 0 nitrogen and oxygen atoms in total. The van der Waals surface area contributed by atoms with Crippen molar-refractivity contribution in [3.63, 3.8) is 0 Å². The standard InChI is InChI=1S/C25H21F3/c1-16-2-4-17(5-3-16)6-7-18-8-10-19(11-9-18)20-12-13-22-21(14-20)15-23(26)25(28)24(22)27/h2-5,12-15,18-19H,8-11H2,1H3. The summed E-state index contributed by atoms with van der Waals surface area (Å²) >= 11 is 0. The second kappa shape index (κ2) is 7.72. The van der Waals surface area contributed by atoms with Crippen LogP contribution in [0.2, 0.25) is 0 Å². The van der Waals surface area contributed by atoms with Gasteiger partial charge in [0.05, 0.1) is 0 Å². The zero-order valence-electron chi connectivity index (χ0n) is 15.7. The molecule has 1 aliphatic carbocycles. The fourth-order valence-electron chi connectivity index (χ4n) is 3.97. The van der Waals surface area contributed by atoms with Gasteiger partial charge in [-0.25, -0.2) is 13.2 Å². The van der Waals surface area contributed by atoms with Crippen LogP contribution in [0.1, 0.15) is 48.3 Å². The zero-order chi connectivity index (χ0) is 19.7. The molecule has 0 heterocycles. The molecule has 0 N–H and O–H groups in total. The third-order valence-electron chi connectivity index (χ3n) is 5.67. The van der Waals surface area contributed by atoms with Crippen LogP contribution in [0.3, 0.4) is 0 Å². The zero-order valence-corrected chi connectivity index (χ0v) is 15.7. The molecule has 4 rings (SSSR count). The molecule has 1 fully saturated rings. The maximum atomic E-state index is 13.9. The van der Waals surface area contributed by atoms with Gasteiger partial charge in [-0.2, -0.15) is 0 Å². The molecular weight excluding hydrogens is 357 g/mol. The van der Waals surface area contributed by atoms with Gasteiger partial charge in [0.1, 0.15) is 0 Å². The minimum absolute atomic E-state index is 0.125. The Kier molecular flexibility index (Phi) is 5.13. The van der Waals surface area contributed by atoms with Crippen LogP contribution in [0.5, 0.6) is 0 Å². The normalized spacial score (nSPS) is 19.3. The van der Waals surface area contributed by atoms with Gasteiger partial charge in [-0.1, -0.05) is 47.7 Å². The van der Waals surface area contributed by atoms with Crippen molar-refractivity contribution in [1.29, 1.82) is 0 Å². The summed E-state index contributed by atoms with van der Waals surface area (Å²) in [7, 11) is 0. The Morgan fingerprint density at radius 2 is 1.54 bits per heavy atom. The molecule has 142 valence electrons. The highest BCUT2D eigenvalue weighted by atomic mass is 19.2. The van der Waals surface area contributed by atoms with Crippen LogP contribution in [0.25, 0.3) is 10.8 Å². The minimum atomic E-state index is -1.41. The van der Waals surface area contributed by atoms with E-state index in [0.29, 0.717) is 17.2 Å². The monoisotopic (exact) mass is 378 g/mol. The summed E-state index contributed by atoms with van der Waals surface area (Å²) in [6.07, 6.45) is 4.00. The summed E-state index contributed by atoms with van der Waals surface area (Å²) in [6.45, 7) is 2.06. The smallest absolute Gasteiger partial charge is 0.195 e. The third-order valence-corrected chi connectivity index (χ3v) is 5.67. The van der Waals surface area contributed by atoms with Crippen molar-refractivity contribution in [2.75, 3.05) is 0 Å². The Bertz CT molecular complexity index is 1060. The maximum Gasteiger partial charge on any atom is 0.195 e. The minimum Gasteiger partial charge on any atom is -0.204 e. The predicted octanol–water partition coefficient (Wildman–Crippen LogP) is 6.89. The largest absolute Gasteiger partial charge is 0.204 e. The average Bonchev–Trinajstić information content (AvgIpc) is 2.72. The fourth-order valence-corrected chi connectivity index (χ4v) is 3.97. The summed E-state index contributed by atoms with van der Waals surface area (Å²) in [5.41, 5.74) is 3.32. The highest BCUT2D eigenvalue weighted by Crippen LogP contribution is 2.37. The van der Waals surface area contributed by atoms with Crippen LogP contribution >= 0.6 is 0 Å². The number of benzene rings is 3. The van der Waals surface area contributed by atoms with Gasteiger partial charge in [0.25, 0.3) is 0 Å². The summed E-state index contributed by atoms with van der Waals surface area (Å²) in [4.78, 5) is 0. The van der Waals surface area contributed by atoms with E-state index in [-0.39, 0.29) is 5.39 Å². The van der Waals surface area contributed by atoms with Gasteiger partial charge in [0, 0.05) is 16.9 Å². The SMILES string of the molecule is Cc1ccc(C#CC2CCC(c3ccc4c(F)c(F)c(F)cc4c3)CC2)cc1. The molecule has 0 amide bonds. The van der Waals surface area contributed by atoms with E-state index in [9.17, 15) is 13.2 Å². The number of hydrogen-bond acceptors (Lipinski definition) is 0. The Hall–Kier alpha value is -2.73. The molecular formula is C25H21F3. The van der Waals surface area contributed by atoms with Gasteiger partial charge < -0.3 is 0 Å². The Morgan fingerprint density at radius 3 is 2.25 bits per heavy atom. The maximum absolute atomic E-state index is 13.9. The quantitative estimate of drug-likeness (QED) is 0.319. The molecule has 0 radical (unpaired) electrons. The van der Waals surface area contributed by atoms with Crippen LogP contribution in [0.15, 0.2) is 48.5 Å². The first-order valence-electron chi connectivity index (χ1n) is 9.66. The van der Waals surface area contributed by atoms with Gasteiger partial charge in [-0.05, 0) is 67.7 Å². The van der Waals surface area contributed by atoms with Crippen molar-refractivity contribution in [3.05, 3.63) is 82.7 Å². The molecule has 1 aliphatic rings. The Labute approximate surface area is 163 Å². The van der Waals surface area contributed by atoms with E-state index in [1.807, 2.05) is 18.2 Å². The van der Waals surface area contributed by atoms with Crippen LogP contribution < -0.4 is 0 Å². The number of rotatable bonds is 1. The highest BCUT2D eigenvalue weighted by Gasteiger charge is 2.22. The molecule has 1 saturated carbocycles. The molecule has 0 unspecified atom stereocenters. The van der Waals surface area contributed by atoms with Crippen LogP contribution in [-0.4, -0.2) is 0 Å². The van der Waals surface area contributed by atoms with Crippen molar-refractivity contribution in [2.45, 2.75) is 38.5 Å². The lowest BCUT2D eigenvalue weighted by Crippen LogP contribution is -2.12. The molecule has 0 aliphatic heterocycles. The number of fused-ring (bicyclic) bond motifs is 1. The predicted molar refractivity (Wildman–Crippen MR) is 107 cm³/mol. The van der Waals surface area contributed by atoms with Crippen molar-refractivity contribution >= 4 is 10.8 Å². The average molecular weight is 378 g/mol. The third kappa shape index (κ3) is 3.78. The van der Waals surface area contributed by atoms with Gasteiger partial charge in [0.2, 0.25) is 0 Å². The molecule has 0 atom stereocenters. The summed E-state index contributed by atoms with van der Waals surface area (Å²) in [5.74, 6) is 3.72. The summed E-state index contributed by atoms with van der Waals surface area (Å²) < 4.78 is 40.9. The van der Waals surface area contributed by atoms with E-state index < -0.39 is 17.5 Å². The van der Waals surface area contributed by atoms with Crippen molar-refractivity contribution < 1.29 is 13.2 Å². The molecule has 3 aromatic rings. The molecule has 0 saturated heterocycles. The molecule has 28 heavy (non-hydrogen) atoms. The van der Waals surface area contributed by atoms with Crippen LogP contribution in [0, 0.1) is 42.1 Å². The molecule has 3 heteroatoms. The van der Waals surface area contributed by atoms with Crippen molar-refractivity contribution in [1.82, 2.24) is 0 Å². The second-order valence-corrected chi connectivity index (χ2v) is 7.65. The van der Waals surface area contributed by atoms with E-state index in [4.69, 9.17) is 0 Å². The summed E-state index contributed by atoms with van der Waals surface area (Å²) in [6, 6.07) is 14.5. The Morgan fingerprint density at radius 1 is 0.821 bits per heavy atom.